The number of aromatic nitrogens is 3. The van der Waals surface area contributed by atoms with Gasteiger partial charge >= 0.3 is 0 Å². The number of phenols is 1. The molecule has 0 saturated heterocycles. The molecule has 0 amide bonds. The molecule has 3 heterocycles. The molecule has 0 bridgehead atoms. The van der Waals surface area contributed by atoms with Crippen LogP contribution in [-0.2, 0) is 0 Å². The minimum atomic E-state index is -0.569. The molecule has 0 radical (unpaired) electrons. The van der Waals surface area contributed by atoms with Gasteiger partial charge in [0.2, 0.25) is 11.2 Å². The number of aryl methyl sites for hydroxylation is 1. The van der Waals surface area contributed by atoms with E-state index in [-0.39, 0.29) is 17.3 Å². The summed E-state index contributed by atoms with van der Waals surface area (Å²) >= 11 is 0. The van der Waals surface area contributed by atoms with Gasteiger partial charge in [0.05, 0.1) is 14.2 Å². The fourth-order valence-corrected chi connectivity index (χ4v) is 3.89. The number of imidazole rings is 1. The molecule has 0 atom stereocenters. The van der Waals surface area contributed by atoms with E-state index in [0.29, 0.717) is 34.3 Å². The van der Waals surface area contributed by atoms with Gasteiger partial charge in [-0.3, -0.25) is 4.79 Å². The van der Waals surface area contributed by atoms with Crippen molar-refractivity contribution in [2.75, 3.05) is 14.2 Å². The summed E-state index contributed by atoms with van der Waals surface area (Å²) in [7, 11) is 3.04. The van der Waals surface area contributed by atoms with E-state index < -0.39 is 11.2 Å². The lowest BCUT2D eigenvalue weighted by Crippen LogP contribution is -2.01. The summed E-state index contributed by atoms with van der Waals surface area (Å²) < 4.78 is 16.4. The van der Waals surface area contributed by atoms with Gasteiger partial charge in [0.25, 0.3) is 0 Å². The Hall–Kier alpha value is -4.66. The van der Waals surface area contributed by atoms with Crippen molar-refractivity contribution >= 4 is 10.9 Å². The number of H-pyrrole nitrogens is 2. The van der Waals surface area contributed by atoms with E-state index in [9.17, 15) is 15.0 Å². The SMILES string of the molecule is COc1ccc2[nH]cc(-c3nc(-c4ccc(O)c(OC)c4)c(-c4oc(C)cc(=O)c4O)[nH]3)c2c1. The van der Waals surface area contributed by atoms with Crippen LogP contribution in [0.1, 0.15) is 5.76 Å². The Morgan fingerprint density at radius 3 is 2.62 bits per heavy atom. The van der Waals surface area contributed by atoms with Crippen molar-refractivity contribution in [3.8, 4) is 57.1 Å². The lowest BCUT2D eigenvalue weighted by Gasteiger charge is -2.08. The number of phenolic OH excluding ortho intramolecular Hbond substituents is 1. The van der Waals surface area contributed by atoms with Gasteiger partial charge in [0.1, 0.15) is 28.7 Å². The average Bonchev–Trinajstić information content (AvgIpc) is 3.45. The zero-order chi connectivity index (χ0) is 24.0. The van der Waals surface area contributed by atoms with Gasteiger partial charge in [0.15, 0.2) is 17.3 Å². The smallest absolute Gasteiger partial charge is 0.227 e. The predicted molar refractivity (Wildman–Crippen MR) is 126 cm³/mol. The molecule has 9 heteroatoms. The molecule has 172 valence electrons. The second-order valence-electron chi connectivity index (χ2n) is 7.71. The highest BCUT2D eigenvalue weighted by Crippen LogP contribution is 2.40. The third-order valence-corrected chi connectivity index (χ3v) is 5.57. The summed E-state index contributed by atoms with van der Waals surface area (Å²) in [6.45, 7) is 1.62. The number of hydrogen-bond donors (Lipinski definition) is 4. The molecule has 0 unspecified atom stereocenters. The van der Waals surface area contributed by atoms with Crippen molar-refractivity contribution in [3.63, 3.8) is 0 Å². The lowest BCUT2D eigenvalue weighted by molar-refractivity contribution is 0.373. The van der Waals surface area contributed by atoms with Gasteiger partial charge in [-0.1, -0.05) is 0 Å². The molecule has 3 aromatic heterocycles. The number of aromatic hydroxyl groups is 2. The maximum atomic E-state index is 12.3. The summed E-state index contributed by atoms with van der Waals surface area (Å²) in [5, 5.41) is 21.4. The lowest BCUT2D eigenvalue weighted by atomic mass is 10.1. The topological polar surface area (TPSA) is 134 Å². The van der Waals surface area contributed by atoms with Crippen LogP contribution in [0.15, 0.2) is 57.9 Å². The van der Waals surface area contributed by atoms with Crippen LogP contribution in [0.5, 0.6) is 23.0 Å². The first-order valence-corrected chi connectivity index (χ1v) is 10.4. The molecule has 5 aromatic rings. The Labute approximate surface area is 193 Å². The molecular formula is C25H21N3O6. The summed E-state index contributed by atoms with van der Waals surface area (Å²) in [6, 6.07) is 11.6. The van der Waals surface area contributed by atoms with Crippen molar-refractivity contribution in [2.45, 2.75) is 6.92 Å². The van der Waals surface area contributed by atoms with Gasteiger partial charge in [0, 0.05) is 34.3 Å². The van der Waals surface area contributed by atoms with Crippen LogP contribution in [0.3, 0.4) is 0 Å². The predicted octanol–water partition coefficient (Wildman–Crippen LogP) is 4.58. The largest absolute Gasteiger partial charge is 0.504 e. The van der Waals surface area contributed by atoms with E-state index in [4.69, 9.17) is 18.9 Å². The third-order valence-electron chi connectivity index (χ3n) is 5.57. The Bertz CT molecular complexity index is 1590. The Kier molecular flexibility index (Phi) is 5.01. The van der Waals surface area contributed by atoms with E-state index in [1.165, 1.54) is 19.2 Å². The number of aromatic amines is 2. The molecule has 0 fully saturated rings. The normalized spacial score (nSPS) is 11.1. The van der Waals surface area contributed by atoms with Crippen molar-refractivity contribution < 1.29 is 24.1 Å². The van der Waals surface area contributed by atoms with E-state index in [0.717, 1.165) is 16.5 Å². The Balaban J connectivity index is 1.79. The highest BCUT2D eigenvalue weighted by atomic mass is 16.5. The molecule has 0 aliphatic rings. The van der Waals surface area contributed by atoms with Gasteiger partial charge in [-0.15, -0.1) is 0 Å². The molecule has 0 aliphatic heterocycles. The zero-order valence-corrected chi connectivity index (χ0v) is 18.6. The summed E-state index contributed by atoms with van der Waals surface area (Å²) in [5.74, 6) is 1.14. The monoisotopic (exact) mass is 459 g/mol. The number of rotatable bonds is 5. The molecule has 5 rings (SSSR count). The number of fused-ring (bicyclic) bond motifs is 1. The van der Waals surface area contributed by atoms with E-state index in [1.807, 2.05) is 18.2 Å². The quantitative estimate of drug-likeness (QED) is 0.302. The molecular weight excluding hydrogens is 438 g/mol. The van der Waals surface area contributed by atoms with Crippen LogP contribution in [0.2, 0.25) is 0 Å². The minimum Gasteiger partial charge on any atom is -0.504 e. The van der Waals surface area contributed by atoms with Crippen LogP contribution in [0, 0.1) is 6.92 Å². The fraction of sp³-hybridized carbons (Fsp3) is 0.120. The molecule has 9 nitrogen and oxygen atoms in total. The van der Waals surface area contributed by atoms with Crippen molar-refractivity contribution in [3.05, 3.63) is 64.6 Å². The highest BCUT2D eigenvalue weighted by molar-refractivity contribution is 5.96. The summed E-state index contributed by atoms with van der Waals surface area (Å²) in [4.78, 5) is 23.5. The number of benzene rings is 2. The average molecular weight is 459 g/mol. The van der Waals surface area contributed by atoms with Crippen LogP contribution >= 0.6 is 0 Å². The van der Waals surface area contributed by atoms with Crippen molar-refractivity contribution in [2.24, 2.45) is 0 Å². The van der Waals surface area contributed by atoms with E-state index in [2.05, 4.69) is 9.97 Å². The van der Waals surface area contributed by atoms with Crippen molar-refractivity contribution in [1.82, 2.24) is 15.0 Å². The Morgan fingerprint density at radius 2 is 1.85 bits per heavy atom. The fourth-order valence-electron chi connectivity index (χ4n) is 3.89. The van der Waals surface area contributed by atoms with Crippen LogP contribution in [-0.4, -0.2) is 39.4 Å². The number of ether oxygens (including phenoxy) is 2. The van der Waals surface area contributed by atoms with Crippen LogP contribution in [0.4, 0.5) is 0 Å². The highest BCUT2D eigenvalue weighted by Gasteiger charge is 2.23. The zero-order valence-electron chi connectivity index (χ0n) is 18.6. The first kappa shape index (κ1) is 21.2. The molecule has 4 N–H and O–H groups in total. The molecule has 0 saturated carbocycles. The molecule has 2 aromatic carbocycles. The number of nitrogens with one attached hydrogen (secondary N) is 2. The third kappa shape index (κ3) is 3.43. The first-order chi connectivity index (χ1) is 16.4. The number of nitrogens with zero attached hydrogens (tertiary/aromatic N) is 1. The summed E-state index contributed by atoms with van der Waals surface area (Å²) in [6.07, 6.45) is 1.81. The molecule has 0 spiro atoms. The van der Waals surface area contributed by atoms with Crippen molar-refractivity contribution in [1.29, 1.82) is 0 Å². The molecule has 0 aliphatic carbocycles. The minimum absolute atomic E-state index is 0.0304. The first-order valence-electron chi connectivity index (χ1n) is 10.4. The van der Waals surface area contributed by atoms with Gasteiger partial charge in [-0.2, -0.15) is 0 Å². The van der Waals surface area contributed by atoms with Crippen LogP contribution in [0.25, 0.3) is 45.0 Å². The van der Waals surface area contributed by atoms with E-state index >= 15 is 0 Å². The van der Waals surface area contributed by atoms with E-state index in [1.54, 1.807) is 32.4 Å². The number of methoxy groups -OCH3 is 2. The maximum Gasteiger partial charge on any atom is 0.227 e. The van der Waals surface area contributed by atoms with Gasteiger partial charge in [-0.05, 0) is 43.3 Å². The van der Waals surface area contributed by atoms with Gasteiger partial charge in [-0.25, -0.2) is 4.98 Å². The van der Waals surface area contributed by atoms with Crippen LogP contribution < -0.4 is 14.9 Å². The Morgan fingerprint density at radius 1 is 1.03 bits per heavy atom. The van der Waals surface area contributed by atoms with Gasteiger partial charge < -0.3 is 34.1 Å². The number of hydrogen-bond acceptors (Lipinski definition) is 7. The standard InChI is InChI=1S/C25H21N3O6/c1-12-8-19(30)23(31)24(34-12)22-21(13-4-7-18(29)20(9-13)33-3)27-25(28-22)16-11-26-17-6-5-14(32-2)10-15(16)17/h4-11,26,29,31H,1-3H3,(H,27,28). The second kappa shape index (κ2) is 8.04. The maximum absolute atomic E-state index is 12.3. The second-order valence-corrected chi connectivity index (χ2v) is 7.71. The molecule has 34 heavy (non-hydrogen) atoms. The summed E-state index contributed by atoms with van der Waals surface area (Å²) in [5.41, 5.74) is 2.34.